The van der Waals surface area contributed by atoms with Crippen molar-refractivity contribution >= 4 is 11.7 Å². The van der Waals surface area contributed by atoms with Crippen molar-refractivity contribution in [1.82, 2.24) is 20.8 Å². The van der Waals surface area contributed by atoms with E-state index in [0.29, 0.717) is 11.7 Å². The van der Waals surface area contributed by atoms with E-state index in [1.165, 1.54) is 0 Å². The lowest BCUT2D eigenvalue weighted by Crippen LogP contribution is -2.35. The van der Waals surface area contributed by atoms with Crippen LogP contribution in [0.5, 0.6) is 0 Å². The number of aromatic nitrogens is 2. The third-order valence-electron chi connectivity index (χ3n) is 2.86. The number of rotatable bonds is 2. The van der Waals surface area contributed by atoms with Gasteiger partial charge in [-0.1, -0.05) is 0 Å². The van der Waals surface area contributed by atoms with Crippen LogP contribution in [-0.4, -0.2) is 21.6 Å². The second-order valence-corrected chi connectivity index (χ2v) is 4.58. The first kappa shape index (κ1) is 12.3. The van der Waals surface area contributed by atoms with Crippen molar-refractivity contribution in [3.8, 4) is 0 Å². The molecule has 20 heavy (non-hydrogen) atoms. The third kappa shape index (κ3) is 2.49. The van der Waals surface area contributed by atoms with Gasteiger partial charge in [-0.15, -0.1) is 0 Å². The fourth-order valence-corrected chi connectivity index (χ4v) is 1.83. The molecule has 2 N–H and O–H groups in total. The molecule has 0 radical (unpaired) electrons. The Kier molecular flexibility index (Phi) is 3.12. The molecule has 0 atom stereocenters. The number of hydrazone groups is 2. The van der Waals surface area contributed by atoms with Gasteiger partial charge in [-0.3, -0.25) is 20.8 Å². The van der Waals surface area contributed by atoms with E-state index in [4.69, 9.17) is 0 Å². The molecule has 0 spiro atoms. The Labute approximate surface area is 116 Å². The van der Waals surface area contributed by atoms with E-state index < -0.39 is 0 Å². The summed E-state index contributed by atoms with van der Waals surface area (Å²) in [6, 6.07) is 7.76. The SMILES string of the molecule is Cc1ccnc(C2=NNC(c3cc(C)ccn3)=NN2)c1. The highest BCUT2D eigenvalue weighted by Crippen LogP contribution is 2.05. The minimum absolute atomic E-state index is 0.588. The molecular formula is C14H14N6. The van der Waals surface area contributed by atoms with Crippen LogP contribution in [0.3, 0.4) is 0 Å². The van der Waals surface area contributed by atoms with Gasteiger partial charge in [0, 0.05) is 12.4 Å². The van der Waals surface area contributed by atoms with E-state index in [-0.39, 0.29) is 0 Å². The van der Waals surface area contributed by atoms with Crippen molar-refractivity contribution in [2.75, 3.05) is 0 Å². The number of aryl methyl sites for hydroxylation is 2. The van der Waals surface area contributed by atoms with Crippen molar-refractivity contribution in [3.05, 3.63) is 59.2 Å². The second kappa shape index (κ2) is 5.08. The molecule has 1 aliphatic heterocycles. The first-order valence-corrected chi connectivity index (χ1v) is 6.26. The lowest BCUT2D eigenvalue weighted by molar-refractivity contribution is 0.872. The predicted octanol–water partition coefficient (Wildman–Crippen LogP) is 1.31. The predicted molar refractivity (Wildman–Crippen MR) is 77.3 cm³/mol. The first-order valence-electron chi connectivity index (χ1n) is 6.26. The third-order valence-corrected chi connectivity index (χ3v) is 2.86. The van der Waals surface area contributed by atoms with Gasteiger partial charge in [0.05, 0.1) is 0 Å². The van der Waals surface area contributed by atoms with Crippen LogP contribution in [0, 0.1) is 13.8 Å². The number of hydrogen-bond acceptors (Lipinski definition) is 6. The van der Waals surface area contributed by atoms with Gasteiger partial charge >= 0.3 is 0 Å². The van der Waals surface area contributed by atoms with Gasteiger partial charge in [0.2, 0.25) is 0 Å². The molecule has 1 aliphatic rings. The molecule has 0 aromatic carbocycles. The summed E-state index contributed by atoms with van der Waals surface area (Å²) in [5.41, 5.74) is 9.54. The molecular weight excluding hydrogens is 252 g/mol. The van der Waals surface area contributed by atoms with Crippen LogP contribution in [0.1, 0.15) is 22.5 Å². The smallest absolute Gasteiger partial charge is 0.192 e. The normalized spacial score (nSPS) is 13.9. The van der Waals surface area contributed by atoms with Crippen molar-refractivity contribution < 1.29 is 0 Å². The Morgan fingerprint density at radius 1 is 0.750 bits per heavy atom. The van der Waals surface area contributed by atoms with Gasteiger partial charge in [0.25, 0.3) is 0 Å². The lowest BCUT2D eigenvalue weighted by atomic mass is 10.2. The second-order valence-electron chi connectivity index (χ2n) is 4.58. The van der Waals surface area contributed by atoms with Crippen LogP contribution in [-0.2, 0) is 0 Å². The molecule has 6 heteroatoms. The molecule has 6 nitrogen and oxygen atoms in total. The van der Waals surface area contributed by atoms with E-state index in [1.807, 2.05) is 38.1 Å². The molecule has 0 fully saturated rings. The molecule has 3 rings (SSSR count). The highest BCUT2D eigenvalue weighted by atomic mass is 15.5. The summed E-state index contributed by atoms with van der Waals surface area (Å²) in [5, 5.41) is 8.50. The molecule has 100 valence electrons. The summed E-state index contributed by atoms with van der Waals surface area (Å²) >= 11 is 0. The van der Waals surface area contributed by atoms with Crippen molar-refractivity contribution in [3.63, 3.8) is 0 Å². The molecule has 0 saturated carbocycles. The number of nitrogens with zero attached hydrogens (tertiary/aromatic N) is 4. The summed E-state index contributed by atoms with van der Waals surface area (Å²) in [7, 11) is 0. The Morgan fingerprint density at radius 3 is 1.55 bits per heavy atom. The van der Waals surface area contributed by atoms with Crippen molar-refractivity contribution in [1.29, 1.82) is 0 Å². The summed E-state index contributed by atoms with van der Waals surface area (Å²) in [4.78, 5) is 8.51. The summed E-state index contributed by atoms with van der Waals surface area (Å²) < 4.78 is 0. The maximum absolute atomic E-state index is 4.26. The molecule has 0 bridgehead atoms. The van der Waals surface area contributed by atoms with E-state index >= 15 is 0 Å². The van der Waals surface area contributed by atoms with Gasteiger partial charge in [-0.2, -0.15) is 10.2 Å². The van der Waals surface area contributed by atoms with E-state index in [9.17, 15) is 0 Å². The number of pyridine rings is 2. The standard InChI is InChI=1S/C14H14N6/c1-9-3-5-15-11(7-9)13-17-19-14(20-18-13)12-8-10(2)4-6-16-12/h3-8H,1-2H3,(H,17,18)(H,19,20). The van der Waals surface area contributed by atoms with Gasteiger partial charge in [0.15, 0.2) is 11.7 Å². The first-order chi connectivity index (χ1) is 9.72. The molecule has 3 heterocycles. The van der Waals surface area contributed by atoms with E-state index in [2.05, 4.69) is 31.0 Å². The zero-order valence-electron chi connectivity index (χ0n) is 11.3. The van der Waals surface area contributed by atoms with Crippen LogP contribution in [0.4, 0.5) is 0 Å². The highest BCUT2D eigenvalue weighted by Gasteiger charge is 2.13. The Morgan fingerprint density at radius 2 is 1.20 bits per heavy atom. The molecule has 0 unspecified atom stereocenters. The Hall–Kier alpha value is -2.76. The maximum Gasteiger partial charge on any atom is 0.192 e. The topological polar surface area (TPSA) is 74.6 Å². The zero-order chi connectivity index (χ0) is 13.9. The number of amidine groups is 2. The Bertz CT molecular complexity index is 643. The van der Waals surface area contributed by atoms with Crippen LogP contribution in [0.2, 0.25) is 0 Å². The average molecular weight is 266 g/mol. The molecule has 2 aromatic rings. The van der Waals surface area contributed by atoms with Gasteiger partial charge in [0.1, 0.15) is 11.4 Å². The fraction of sp³-hybridized carbons (Fsp3) is 0.143. The van der Waals surface area contributed by atoms with E-state index in [1.54, 1.807) is 12.4 Å². The van der Waals surface area contributed by atoms with Gasteiger partial charge in [-0.05, 0) is 49.2 Å². The van der Waals surface area contributed by atoms with Crippen LogP contribution >= 0.6 is 0 Å². The van der Waals surface area contributed by atoms with Gasteiger partial charge < -0.3 is 0 Å². The van der Waals surface area contributed by atoms with Crippen molar-refractivity contribution in [2.45, 2.75) is 13.8 Å². The minimum atomic E-state index is 0.588. The van der Waals surface area contributed by atoms with Crippen molar-refractivity contribution in [2.24, 2.45) is 10.2 Å². The number of nitrogens with one attached hydrogen (secondary N) is 2. The molecule has 0 amide bonds. The molecule has 2 aromatic heterocycles. The highest BCUT2D eigenvalue weighted by molar-refractivity contribution is 6.04. The summed E-state index contributed by atoms with van der Waals surface area (Å²) in [5.74, 6) is 1.18. The lowest BCUT2D eigenvalue weighted by Gasteiger charge is -2.14. The van der Waals surface area contributed by atoms with E-state index in [0.717, 1.165) is 22.5 Å². The monoisotopic (exact) mass is 266 g/mol. The summed E-state index contributed by atoms with van der Waals surface area (Å²) in [6.45, 7) is 4.01. The zero-order valence-corrected chi connectivity index (χ0v) is 11.3. The largest absolute Gasteiger partial charge is 0.256 e. The molecule has 0 saturated heterocycles. The molecule has 0 aliphatic carbocycles. The van der Waals surface area contributed by atoms with Crippen LogP contribution in [0.15, 0.2) is 46.9 Å². The number of hydrogen-bond donors (Lipinski definition) is 2. The average Bonchev–Trinajstić information content (AvgIpc) is 2.47. The van der Waals surface area contributed by atoms with Crippen LogP contribution < -0.4 is 10.9 Å². The van der Waals surface area contributed by atoms with Crippen LogP contribution in [0.25, 0.3) is 0 Å². The summed E-state index contributed by atoms with van der Waals surface area (Å²) in [6.07, 6.45) is 3.49. The minimum Gasteiger partial charge on any atom is -0.256 e. The fourth-order valence-electron chi connectivity index (χ4n) is 1.83. The van der Waals surface area contributed by atoms with Gasteiger partial charge in [-0.25, -0.2) is 0 Å². The quantitative estimate of drug-likeness (QED) is 0.859. The Balaban J connectivity index is 1.81. The maximum atomic E-state index is 4.26.